The molecule has 11 heavy (non-hydrogen) atoms. The molecule has 1 aliphatic rings. The van der Waals surface area contributed by atoms with Gasteiger partial charge in [0.25, 0.3) is 0 Å². The Balaban J connectivity index is 1.90. The van der Waals surface area contributed by atoms with Crippen LogP contribution in [0.1, 0.15) is 6.42 Å². The third kappa shape index (κ3) is 1.51. The van der Waals surface area contributed by atoms with Crippen molar-refractivity contribution in [2.24, 2.45) is 0 Å². The summed E-state index contributed by atoms with van der Waals surface area (Å²) in [7, 11) is 0. The van der Waals surface area contributed by atoms with Crippen LogP contribution >= 0.6 is 0 Å². The lowest BCUT2D eigenvalue weighted by Crippen LogP contribution is -2.15. The number of hydrogen-bond donors (Lipinski definition) is 0. The highest BCUT2D eigenvalue weighted by atomic mass is 16.6. The number of nitrogens with zero attached hydrogens (tertiary/aromatic N) is 1. The van der Waals surface area contributed by atoms with Crippen molar-refractivity contribution in [2.45, 2.75) is 12.5 Å². The first-order valence-electron chi connectivity index (χ1n) is 3.59. The fourth-order valence-electron chi connectivity index (χ4n) is 1.05. The number of aromatic nitrogens is 1. The lowest BCUT2D eigenvalue weighted by Gasteiger charge is -2.07. The van der Waals surface area contributed by atoms with Crippen LogP contribution in [0.15, 0.2) is 17.0 Å². The van der Waals surface area contributed by atoms with Gasteiger partial charge in [0.1, 0.15) is 12.3 Å². The number of rotatable bonds is 2. The zero-order valence-corrected chi connectivity index (χ0v) is 6.03. The molecule has 1 aromatic rings. The van der Waals surface area contributed by atoms with Crippen LogP contribution in [0.4, 0.5) is 0 Å². The molecule has 1 aromatic heterocycles. The van der Waals surface area contributed by atoms with E-state index in [1.54, 1.807) is 6.20 Å². The molecular weight excluding hydrogens is 146 g/mol. The molecule has 2 rings (SSSR count). The van der Waals surface area contributed by atoms with Crippen LogP contribution in [-0.2, 0) is 4.74 Å². The summed E-state index contributed by atoms with van der Waals surface area (Å²) in [6.07, 6.45) is 4.16. The Kier molecular flexibility index (Phi) is 1.77. The Morgan fingerprint density at radius 3 is 3.27 bits per heavy atom. The average Bonchev–Trinajstić information content (AvgIpc) is 2.60. The van der Waals surface area contributed by atoms with Crippen molar-refractivity contribution in [2.75, 3.05) is 13.2 Å². The predicted octanol–water partition coefficient (Wildman–Crippen LogP) is 0.842. The first-order valence-corrected chi connectivity index (χ1v) is 3.59. The van der Waals surface area contributed by atoms with Crippen molar-refractivity contribution in [1.82, 2.24) is 5.16 Å². The van der Waals surface area contributed by atoms with Crippen molar-refractivity contribution in [3.8, 4) is 5.75 Å². The molecule has 60 valence electrons. The fraction of sp³-hybridized carbons (Fsp3) is 0.571. The molecule has 1 atom stereocenters. The average molecular weight is 155 g/mol. The van der Waals surface area contributed by atoms with E-state index in [0.717, 1.165) is 13.0 Å². The van der Waals surface area contributed by atoms with Crippen LogP contribution in [0.25, 0.3) is 0 Å². The van der Waals surface area contributed by atoms with Crippen LogP contribution in [0.2, 0.25) is 0 Å². The third-order valence-electron chi connectivity index (χ3n) is 1.60. The van der Waals surface area contributed by atoms with Gasteiger partial charge in [0.05, 0.1) is 13.2 Å². The molecule has 1 aliphatic heterocycles. The first-order chi connectivity index (χ1) is 5.45. The van der Waals surface area contributed by atoms with Gasteiger partial charge in [0, 0.05) is 6.42 Å². The van der Waals surface area contributed by atoms with E-state index in [1.807, 2.05) is 0 Å². The van der Waals surface area contributed by atoms with Crippen molar-refractivity contribution in [3.63, 3.8) is 0 Å². The maximum atomic E-state index is 5.43. The van der Waals surface area contributed by atoms with Crippen molar-refractivity contribution in [1.29, 1.82) is 0 Å². The van der Waals surface area contributed by atoms with Crippen molar-refractivity contribution < 1.29 is 14.0 Å². The lowest BCUT2D eigenvalue weighted by atomic mass is 10.3. The second-order valence-corrected chi connectivity index (χ2v) is 2.46. The second-order valence-electron chi connectivity index (χ2n) is 2.46. The van der Waals surface area contributed by atoms with Gasteiger partial charge in [0.2, 0.25) is 0 Å². The summed E-state index contributed by atoms with van der Waals surface area (Å²) in [5, 5.41) is 3.52. The summed E-state index contributed by atoms with van der Waals surface area (Å²) in [5.41, 5.74) is 0. The molecule has 0 radical (unpaired) electrons. The van der Waals surface area contributed by atoms with E-state index in [4.69, 9.17) is 9.47 Å². The highest BCUT2D eigenvalue weighted by Crippen LogP contribution is 2.14. The van der Waals surface area contributed by atoms with Gasteiger partial charge in [-0.1, -0.05) is 5.16 Å². The quantitative estimate of drug-likeness (QED) is 0.634. The fourth-order valence-corrected chi connectivity index (χ4v) is 1.05. The molecule has 1 unspecified atom stereocenters. The van der Waals surface area contributed by atoms with Gasteiger partial charge in [-0.2, -0.15) is 0 Å². The normalized spacial score (nSPS) is 23.8. The van der Waals surface area contributed by atoms with Gasteiger partial charge in [0.15, 0.2) is 12.0 Å². The molecule has 1 saturated heterocycles. The minimum atomic E-state index is 0.175. The summed E-state index contributed by atoms with van der Waals surface area (Å²) in [6, 6.07) is 0. The SMILES string of the molecule is c1nocc1OC1CCOC1. The number of hydrogen-bond acceptors (Lipinski definition) is 4. The molecule has 0 amide bonds. The van der Waals surface area contributed by atoms with Crippen LogP contribution in [-0.4, -0.2) is 24.5 Å². The smallest absolute Gasteiger partial charge is 0.179 e. The van der Waals surface area contributed by atoms with Gasteiger partial charge >= 0.3 is 0 Å². The molecule has 0 saturated carbocycles. The van der Waals surface area contributed by atoms with E-state index in [2.05, 4.69) is 9.68 Å². The van der Waals surface area contributed by atoms with Gasteiger partial charge in [-0.15, -0.1) is 0 Å². The van der Waals surface area contributed by atoms with E-state index in [0.29, 0.717) is 12.4 Å². The van der Waals surface area contributed by atoms with Crippen LogP contribution in [0, 0.1) is 0 Å². The summed E-state index contributed by atoms with van der Waals surface area (Å²) in [4.78, 5) is 0. The second kappa shape index (κ2) is 2.92. The summed E-state index contributed by atoms with van der Waals surface area (Å²) in [6.45, 7) is 1.46. The molecule has 0 aliphatic carbocycles. The highest BCUT2D eigenvalue weighted by molar-refractivity contribution is 5.08. The molecule has 4 heteroatoms. The van der Waals surface area contributed by atoms with Gasteiger partial charge < -0.3 is 14.0 Å². The minimum absolute atomic E-state index is 0.175. The summed E-state index contributed by atoms with van der Waals surface area (Å²) in [5.74, 6) is 0.681. The van der Waals surface area contributed by atoms with E-state index >= 15 is 0 Å². The molecule has 1 fully saturated rings. The Bertz CT molecular complexity index is 203. The Morgan fingerprint density at radius 1 is 1.64 bits per heavy atom. The first kappa shape index (κ1) is 6.67. The monoisotopic (exact) mass is 155 g/mol. The predicted molar refractivity (Wildman–Crippen MR) is 36.4 cm³/mol. The van der Waals surface area contributed by atoms with Crippen LogP contribution in [0.3, 0.4) is 0 Å². The van der Waals surface area contributed by atoms with E-state index < -0.39 is 0 Å². The Morgan fingerprint density at radius 2 is 2.64 bits per heavy atom. The van der Waals surface area contributed by atoms with Gasteiger partial charge in [-0.25, -0.2) is 0 Å². The molecule has 2 heterocycles. The molecule has 0 spiro atoms. The maximum Gasteiger partial charge on any atom is 0.179 e. The van der Waals surface area contributed by atoms with Crippen molar-refractivity contribution in [3.05, 3.63) is 12.5 Å². The zero-order chi connectivity index (χ0) is 7.52. The molecular formula is C7H9NO3. The maximum absolute atomic E-state index is 5.43. The van der Waals surface area contributed by atoms with E-state index in [1.165, 1.54) is 6.26 Å². The largest absolute Gasteiger partial charge is 0.483 e. The van der Waals surface area contributed by atoms with Gasteiger partial charge in [-0.3, -0.25) is 0 Å². The molecule has 0 N–H and O–H groups in total. The zero-order valence-electron chi connectivity index (χ0n) is 6.03. The topological polar surface area (TPSA) is 44.5 Å². The molecule has 0 bridgehead atoms. The number of ether oxygens (including phenoxy) is 2. The Labute approximate surface area is 64.1 Å². The summed E-state index contributed by atoms with van der Waals surface area (Å²) < 4.78 is 15.2. The molecule has 4 nitrogen and oxygen atoms in total. The van der Waals surface area contributed by atoms with Crippen LogP contribution < -0.4 is 4.74 Å². The van der Waals surface area contributed by atoms with E-state index in [-0.39, 0.29) is 6.10 Å². The van der Waals surface area contributed by atoms with Crippen LogP contribution in [0.5, 0.6) is 5.75 Å². The van der Waals surface area contributed by atoms with Gasteiger partial charge in [-0.05, 0) is 0 Å². The highest BCUT2D eigenvalue weighted by Gasteiger charge is 2.17. The Hall–Kier alpha value is -1.03. The summed E-state index contributed by atoms with van der Waals surface area (Å²) >= 11 is 0. The molecule has 0 aromatic carbocycles. The standard InChI is InChI=1S/C7H9NO3/c1-2-9-4-6(1)11-7-3-8-10-5-7/h3,5-6H,1-2,4H2. The minimum Gasteiger partial charge on any atom is -0.483 e. The van der Waals surface area contributed by atoms with Crippen molar-refractivity contribution >= 4 is 0 Å². The van der Waals surface area contributed by atoms with E-state index in [9.17, 15) is 0 Å². The lowest BCUT2D eigenvalue weighted by molar-refractivity contribution is 0.141. The third-order valence-corrected chi connectivity index (χ3v) is 1.60.